The molecule has 2 N–H and O–H groups in total. The Labute approximate surface area is 254 Å². The summed E-state index contributed by atoms with van der Waals surface area (Å²) >= 11 is 12.0. The summed E-state index contributed by atoms with van der Waals surface area (Å²) in [6.07, 6.45) is -5.18. The van der Waals surface area contributed by atoms with Gasteiger partial charge in [-0.1, -0.05) is 47.5 Å². The third-order valence-electron chi connectivity index (χ3n) is 6.97. The molecule has 0 saturated carbocycles. The molecule has 4 rings (SSSR count). The fraction of sp³-hybridized carbons (Fsp3) is 0.286. The molecule has 2 atom stereocenters. The average Bonchev–Trinajstić information content (AvgIpc) is 3.30. The van der Waals surface area contributed by atoms with Crippen molar-refractivity contribution < 1.29 is 45.4 Å². The van der Waals surface area contributed by atoms with Crippen molar-refractivity contribution in [3.63, 3.8) is 0 Å². The zero-order valence-electron chi connectivity index (χ0n) is 22.3. The van der Waals surface area contributed by atoms with Crippen LogP contribution in [0.25, 0.3) is 11.1 Å². The zero-order chi connectivity index (χ0) is 31.7. The van der Waals surface area contributed by atoms with Crippen molar-refractivity contribution in [3.05, 3.63) is 82.1 Å². The fourth-order valence-corrected chi connectivity index (χ4v) is 7.47. The van der Waals surface area contributed by atoms with Crippen LogP contribution < -0.4 is 10.1 Å². The van der Waals surface area contributed by atoms with Gasteiger partial charge < -0.3 is 15.2 Å². The number of carboxylic acid groups (broad SMARTS) is 1. The lowest BCUT2D eigenvalue weighted by atomic mass is 9.95. The topological polar surface area (TPSA) is 113 Å². The highest BCUT2D eigenvalue weighted by Gasteiger charge is 2.50. The standard InChI is InChI=1S/C28H24Cl2F4N2O6S/c1-27(9-2-10-36(27)43(40,41)21-12-18(29)11-19(30)13-21)26(39)35-23(15-25(37)38)17-5-3-16(4-6-17)22-8-7-20(31)14-24(22)42-28(32,33)34/h3-8,11-14,23H,2,9-10,15H2,1H3,(H,35,39)(H,37,38)/t23-,27+/m1/s1. The third kappa shape index (κ3) is 7.40. The van der Waals surface area contributed by atoms with Gasteiger partial charge in [-0.15, -0.1) is 13.2 Å². The number of halogens is 6. The van der Waals surface area contributed by atoms with Crippen LogP contribution in [0.4, 0.5) is 17.6 Å². The summed E-state index contributed by atoms with van der Waals surface area (Å²) in [6, 6.07) is 10.8. The Bertz CT molecular complexity index is 1630. The van der Waals surface area contributed by atoms with E-state index in [2.05, 4.69) is 10.1 Å². The van der Waals surface area contributed by atoms with Crippen LogP contribution in [-0.4, -0.2) is 48.2 Å². The van der Waals surface area contributed by atoms with Crippen molar-refractivity contribution in [2.24, 2.45) is 0 Å². The van der Waals surface area contributed by atoms with Gasteiger partial charge in [-0.3, -0.25) is 9.59 Å². The largest absolute Gasteiger partial charge is 0.573 e. The Balaban J connectivity index is 1.62. The van der Waals surface area contributed by atoms with Crippen molar-refractivity contribution in [1.82, 2.24) is 9.62 Å². The molecular formula is C28H24Cl2F4N2O6S. The molecule has 1 heterocycles. The number of alkyl halides is 3. The van der Waals surface area contributed by atoms with Gasteiger partial charge in [0.25, 0.3) is 0 Å². The van der Waals surface area contributed by atoms with E-state index in [1.807, 2.05) is 0 Å². The van der Waals surface area contributed by atoms with Gasteiger partial charge in [0.05, 0.1) is 17.4 Å². The predicted molar refractivity (Wildman–Crippen MR) is 150 cm³/mol. The van der Waals surface area contributed by atoms with Crippen LogP contribution in [0.2, 0.25) is 10.0 Å². The second-order valence-electron chi connectivity index (χ2n) is 9.99. The van der Waals surface area contributed by atoms with Gasteiger partial charge >= 0.3 is 12.3 Å². The molecule has 0 aliphatic carbocycles. The fourth-order valence-electron chi connectivity index (χ4n) is 4.93. The van der Waals surface area contributed by atoms with Crippen molar-refractivity contribution in [1.29, 1.82) is 0 Å². The van der Waals surface area contributed by atoms with E-state index in [0.29, 0.717) is 12.5 Å². The number of amides is 1. The summed E-state index contributed by atoms with van der Waals surface area (Å²) in [5.41, 5.74) is -1.20. The minimum atomic E-state index is -5.07. The van der Waals surface area contributed by atoms with E-state index in [-0.39, 0.29) is 44.6 Å². The Morgan fingerprint density at radius 3 is 2.28 bits per heavy atom. The lowest BCUT2D eigenvalue weighted by molar-refractivity contribution is -0.274. The SMILES string of the molecule is C[C@@]1(C(=O)N[C@H](CC(=O)O)c2ccc(-c3ccc(F)cc3OC(F)(F)F)cc2)CCCN1S(=O)(=O)c1cc(Cl)cc(Cl)c1. The number of carbonyl (C=O) groups is 2. The molecule has 0 unspecified atom stereocenters. The van der Waals surface area contributed by atoms with Crippen LogP contribution in [0, 0.1) is 5.82 Å². The van der Waals surface area contributed by atoms with Gasteiger partial charge in [0, 0.05) is 28.2 Å². The van der Waals surface area contributed by atoms with Crippen LogP contribution in [0.5, 0.6) is 5.75 Å². The molecular weight excluding hydrogens is 639 g/mol. The number of benzene rings is 3. The first-order chi connectivity index (χ1) is 20.0. The third-order valence-corrected chi connectivity index (χ3v) is 9.40. The van der Waals surface area contributed by atoms with Gasteiger partial charge in [0.1, 0.15) is 17.1 Å². The number of rotatable bonds is 9. The van der Waals surface area contributed by atoms with Crippen molar-refractivity contribution in [2.75, 3.05) is 6.54 Å². The number of carbonyl (C=O) groups excluding carboxylic acids is 1. The second kappa shape index (κ2) is 12.3. The van der Waals surface area contributed by atoms with Gasteiger partial charge in [0.2, 0.25) is 15.9 Å². The van der Waals surface area contributed by atoms with Crippen LogP contribution in [-0.2, 0) is 19.6 Å². The maximum absolute atomic E-state index is 13.6. The number of aliphatic carboxylic acids is 1. The number of hydrogen-bond donors (Lipinski definition) is 2. The Hall–Kier alpha value is -3.39. The van der Waals surface area contributed by atoms with E-state index < -0.39 is 57.8 Å². The molecule has 0 bridgehead atoms. The highest BCUT2D eigenvalue weighted by atomic mass is 35.5. The normalized spacial score (nSPS) is 18.3. The van der Waals surface area contributed by atoms with Crippen LogP contribution in [0.1, 0.15) is 37.8 Å². The summed E-state index contributed by atoms with van der Waals surface area (Å²) in [7, 11) is -4.25. The Kier molecular flexibility index (Phi) is 9.31. The highest BCUT2D eigenvalue weighted by molar-refractivity contribution is 7.89. The molecule has 1 aliphatic heterocycles. The van der Waals surface area contributed by atoms with Gasteiger partial charge in [-0.2, -0.15) is 4.31 Å². The monoisotopic (exact) mass is 662 g/mol. The molecule has 43 heavy (non-hydrogen) atoms. The summed E-state index contributed by atoms with van der Waals surface area (Å²) < 4.78 is 84.3. The summed E-state index contributed by atoms with van der Waals surface area (Å²) in [4.78, 5) is 25.1. The number of hydrogen-bond acceptors (Lipinski definition) is 5. The molecule has 15 heteroatoms. The number of nitrogens with zero attached hydrogens (tertiary/aromatic N) is 1. The molecule has 0 spiro atoms. The smallest absolute Gasteiger partial charge is 0.481 e. The quantitative estimate of drug-likeness (QED) is 0.251. The highest BCUT2D eigenvalue weighted by Crippen LogP contribution is 2.38. The van der Waals surface area contributed by atoms with E-state index in [9.17, 15) is 40.7 Å². The van der Waals surface area contributed by atoms with Crippen molar-refractivity contribution >= 4 is 45.1 Å². The number of carboxylic acids is 1. The first-order valence-corrected chi connectivity index (χ1v) is 14.9. The molecule has 3 aromatic carbocycles. The van der Waals surface area contributed by atoms with Gasteiger partial charge in [-0.25, -0.2) is 12.8 Å². The lowest BCUT2D eigenvalue weighted by Crippen LogP contribution is -2.55. The Morgan fingerprint density at radius 1 is 1.07 bits per heavy atom. The zero-order valence-corrected chi connectivity index (χ0v) is 24.6. The minimum Gasteiger partial charge on any atom is -0.481 e. The summed E-state index contributed by atoms with van der Waals surface area (Å²) in [5.74, 6) is -3.74. The van der Waals surface area contributed by atoms with E-state index in [0.717, 1.165) is 16.4 Å². The first kappa shape index (κ1) is 32.5. The predicted octanol–water partition coefficient (Wildman–Crippen LogP) is 6.57. The number of sulfonamides is 1. The van der Waals surface area contributed by atoms with E-state index >= 15 is 0 Å². The minimum absolute atomic E-state index is 0.00861. The molecule has 230 valence electrons. The number of nitrogens with one attached hydrogen (secondary N) is 1. The second-order valence-corrected chi connectivity index (χ2v) is 12.7. The first-order valence-electron chi connectivity index (χ1n) is 12.7. The molecule has 1 saturated heterocycles. The van der Waals surface area contributed by atoms with Gasteiger partial charge in [-0.05, 0) is 61.2 Å². The molecule has 1 fully saturated rings. The molecule has 0 aromatic heterocycles. The lowest BCUT2D eigenvalue weighted by Gasteiger charge is -2.34. The maximum Gasteiger partial charge on any atom is 0.573 e. The van der Waals surface area contributed by atoms with Crippen molar-refractivity contribution in [3.8, 4) is 16.9 Å². The van der Waals surface area contributed by atoms with E-state index in [1.165, 1.54) is 49.4 Å². The van der Waals surface area contributed by atoms with Crippen LogP contribution >= 0.6 is 23.2 Å². The molecule has 8 nitrogen and oxygen atoms in total. The van der Waals surface area contributed by atoms with Crippen LogP contribution in [0.15, 0.2) is 65.6 Å². The van der Waals surface area contributed by atoms with E-state index in [4.69, 9.17) is 23.2 Å². The number of ether oxygens (including phenoxy) is 1. The molecule has 3 aromatic rings. The summed E-state index contributed by atoms with van der Waals surface area (Å²) in [5, 5.41) is 12.3. The van der Waals surface area contributed by atoms with Crippen LogP contribution in [0.3, 0.4) is 0 Å². The van der Waals surface area contributed by atoms with E-state index in [1.54, 1.807) is 0 Å². The average molecular weight is 663 g/mol. The molecule has 0 radical (unpaired) electrons. The maximum atomic E-state index is 13.6. The molecule has 1 amide bonds. The van der Waals surface area contributed by atoms with Gasteiger partial charge in [0.15, 0.2) is 0 Å². The van der Waals surface area contributed by atoms with Crippen molar-refractivity contribution in [2.45, 2.75) is 49.0 Å². The Morgan fingerprint density at radius 2 is 1.70 bits per heavy atom. The summed E-state index contributed by atoms with van der Waals surface area (Å²) in [6.45, 7) is 1.44. The molecule has 1 aliphatic rings.